The molecule has 0 N–H and O–H groups in total. The van der Waals surface area contributed by atoms with Crippen molar-refractivity contribution in [3.63, 3.8) is 0 Å². The van der Waals surface area contributed by atoms with Crippen molar-refractivity contribution in [1.29, 1.82) is 0 Å². The Morgan fingerprint density at radius 2 is 1.66 bits per heavy atom. The van der Waals surface area contributed by atoms with Crippen LogP contribution in [0.2, 0.25) is 0 Å². The molecule has 4 rings (SSSR count). The number of hydrogen-bond donors (Lipinski definition) is 0. The highest BCUT2D eigenvalue weighted by molar-refractivity contribution is 7.99. The molecule has 1 aromatic heterocycles. The topological polar surface area (TPSA) is 36.4 Å². The van der Waals surface area contributed by atoms with E-state index in [0.29, 0.717) is 18.8 Å². The summed E-state index contributed by atoms with van der Waals surface area (Å²) in [6.07, 6.45) is 1.67. The largest absolute Gasteiger partial charge is 0.367 e. The number of piperazine rings is 1. The van der Waals surface area contributed by atoms with Crippen LogP contribution in [0.15, 0.2) is 76.7 Å². The first kappa shape index (κ1) is 19.5. The summed E-state index contributed by atoms with van der Waals surface area (Å²) in [5.74, 6) is 0.0168. The molecule has 0 spiro atoms. The molecule has 2 aromatic carbocycles. The lowest BCUT2D eigenvalue weighted by atomic mass is 10.2. The highest BCUT2D eigenvalue weighted by Gasteiger charge is 2.24. The van der Waals surface area contributed by atoms with E-state index < -0.39 is 0 Å². The van der Waals surface area contributed by atoms with Crippen LogP contribution in [0.4, 0.5) is 5.69 Å². The number of aromatic nitrogens is 1. The fraction of sp³-hybridized carbons (Fsp3) is 0.250. The van der Waals surface area contributed by atoms with Gasteiger partial charge >= 0.3 is 0 Å². The summed E-state index contributed by atoms with van der Waals surface area (Å²) >= 11 is 1.81. The van der Waals surface area contributed by atoms with Crippen molar-refractivity contribution in [3.05, 3.63) is 83.7 Å². The van der Waals surface area contributed by atoms with E-state index >= 15 is 0 Å². The Morgan fingerprint density at radius 1 is 0.897 bits per heavy atom. The maximum absolute atomic E-state index is 12.7. The second kappa shape index (κ2) is 8.70. The molecule has 1 amide bonds. The van der Waals surface area contributed by atoms with E-state index in [1.807, 2.05) is 28.8 Å². The van der Waals surface area contributed by atoms with Crippen LogP contribution in [0.1, 0.15) is 21.6 Å². The fourth-order valence-corrected chi connectivity index (χ4v) is 4.68. The molecule has 0 unspecified atom stereocenters. The Balaban J connectivity index is 1.47. The lowest BCUT2D eigenvalue weighted by Crippen LogP contribution is -2.49. The molecule has 1 saturated heterocycles. The number of anilines is 1. The summed E-state index contributed by atoms with van der Waals surface area (Å²) in [5, 5.41) is 0. The van der Waals surface area contributed by atoms with E-state index in [4.69, 9.17) is 0 Å². The molecule has 148 valence electrons. The van der Waals surface area contributed by atoms with Gasteiger partial charge in [-0.1, -0.05) is 47.7 Å². The van der Waals surface area contributed by atoms with Crippen molar-refractivity contribution in [2.75, 3.05) is 31.1 Å². The van der Waals surface area contributed by atoms with Crippen LogP contribution in [0.5, 0.6) is 0 Å². The maximum atomic E-state index is 12.7. The first-order valence-corrected chi connectivity index (χ1v) is 10.7. The minimum Gasteiger partial charge on any atom is -0.367 e. The molecule has 0 atom stereocenters. The minimum atomic E-state index is 0.0168. The Hall–Kier alpha value is -2.79. The number of rotatable bonds is 4. The number of benzene rings is 2. The summed E-state index contributed by atoms with van der Waals surface area (Å²) < 4.78 is 0. The monoisotopic (exact) mass is 403 g/mol. The van der Waals surface area contributed by atoms with Crippen molar-refractivity contribution >= 4 is 23.4 Å². The lowest BCUT2D eigenvalue weighted by Gasteiger charge is -2.36. The third-order valence-electron chi connectivity index (χ3n) is 5.21. The highest BCUT2D eigenvalue weighted by atomic mass is 32.2. The predicted octanol–water partition coefficient (Wildman–Crippen LogP) is 4.81. The third-order valence-corrected chi connectivity index (χ3v) is 6.45. The number of aryl methyl sites for hydroxylation is 2. The van der Waals surface area contributed by atoms with E-state index in [9.17, 15) is 4.79 Å². The van der Waals surface area contributed by atoms with Gasteiger partial charge in [-0.25, -0.2) is 0 Å². The molecule has 3 aromatic rings. The molecule has 1 aliphatic heterocycles. The van der Waals surface area contributed by atoms with Gasteiger partial charge in [-0.2, -0.15) is 0 Å². The number of pyridine rings is 1. The van der Waals surface area contributed by atoms with Crippen LogP contribution in [0.3, 0.4) is 0 Å². The van der Waals surface area contributed by atoms with Crippen molar-refractivity contribution in [2.45, 2.75) is 23.6 Å². The number of nitrogens with zero attached hydrogens (tertiary/aromatic N) is 3. The summed E-state index contributed by atoms with van der Waals surface area (Å²) in [7, 11) is 0. The molecule has 2 heterocycles. The average Bonchev–Trinajstić information content (AvgIpc) is 2.76. The number of carbonyl (C=O) groups is 1. The van der Waals surface area contributed by atoms with Crippen LogP contribution in [-0.2, 0) is 0 Å². The number of para-hydroxylation sites is 1. The molecule has 0 saturated carbocycles. The van der Waals surface area contributed by atoms with Crippen molar-refractivity contribution in [3.8, 4) is 0 Å². The Kier molecular flexibility index (Phi) is 5.86. The standard InChI is InChI=1S/C24H25N3OS/c1-18-10-11-22(19(2)17-18)29-23-9-4-3-8-21(23)26-13-15-27(16-14-26)24(28)20-7-5-6-12-25-20/h3-12,17H,13-16H2,1-2H3. The van der Waals surface area contributed by atoms with Crippen LogP contribution in [0.25, 0.3) is 0 Å². The van der Waals surface area contributed by atoms with Crippen LogP contribution in [-0.4, -0.2) is 42.0 Å². The summed E-state index contributed by atoms with van der Waals surface area (Å²) in [6, 6.07) is 20.6. The molecule has 1 aliphatic rings. The van der Waals surface area contributed by atoms with E-state index in [0.717, 1.165) is 13.1 Å². The van der Waals surface area contributed by atoms with Gasteiger partial charge in [-0.3, -0.25) is 9.78 Å². The Bertz CT molecular complexity index is 998. The van der Waals surface area contributed by atoms with Gasteiger partial charge in [0, 0.05) is 42.2 Å². The van der Waals surface area contributed by atoms with E-state index in [-0.39, 0.29) is 5.91 Å². The molecule has 4 nitrogen and oxygen atoms in total. The van der Waals surface area contributed by atoms with Crippen molar-refractivity contribution in [1.82, 2.24) is 9.88 Å². The predicted molar refractivity (Wildman–Crippen MR) is 119 cm³/mol. The van der Waals surface area contributed by atoms with Gasteiger partial charge in [0.25, 0.3) is 5.91 Å². The van der Waals surface area contributed by atoms with Crippen LogP contribution in [0, 0.1) is 13.8 Å². The van der Waals surface area contributed by atoms with Gasteiger partial charge in [0.05, 0.1) is 5.69 Å². The van der Waals surface area contributed by atoms with Crippen molar-refractivity contribution in [2.24, 2.45) is 0 Å². The quantitative estimate of drug-likeness (QED) is 0.626. The highest BCUT2D eigenvalue weighted by Crippen LogP contribution is 2.37. The zero-order valence-corrected chi connectivity index (χ0v) is 17.7. The Morgan fingerprint density at radius 3 is 2.38 bits per heavy atom. The SMILES string of the molecule is Cc1ccc(Sc2ccccc2N2CCN(C(=O)c3ccccn3)CC2)c(C)c1. The molecule has 29 heavy (non-hydrogen) atoms. The lowest BCUT2D eigenvalue weighted by molar-refractivity contribution is 0.0740. The molecule has 0 radical (unpaired) electrons. The summed E-state index contributed by atoms with van der Waals surface area (Å²) in [5.41, 5.74) is 4.35. The first-order chi connectivity index (χ1) is 14.1. The molecular weight excluding hydrogens is 378 g/mol. The zero-order valence-electron chi connectivity index (χ0n) is 16.8. The molecule has 0 aliphatic carbocycles. The maximum Gasteiger partial charge on any atom is 0.272 e. The fourth-order valence-electron chi connectivity index (χ4n) is 3.64. The Labute approximate surface area is 176 Å². The summed E-state index contributed by atoms with van der Waals surface area (Å²) in [4.78, 5) is 23.7. The van der Waals surface area contributed by atoms with Gasteiger partial charge in [-0.05, 0) is 49.7 Å². The van der Waals surface area contributed by atoms with Gasteiger partial charge in [-0.15, -0.1) is 0 Å². The van der Waals surface area contributed by atoms with Gasteiger partial charge in [0.1, 0.15) is 5.69 Å². The van der Waals surface area contributed by atoms with Gasteiger partial charge < -0.3 is 9.80 Å². The van der Waals surface area contributed by atoms with Gasteiger partial charge in [0.15, 0.2) is 0 Å². The van der Waals surface area contributed by atoms with Gasteiger partial charge in [0.2, 0.25) is 0 Å². The molecule has 1 fully saturated rings. The number of amides is 1. The second-order valence-electron chi connectivity index (χ2n) is 7.33. The molecule has 5 heteroatoms. The smallest absolute Gasteiger partial charge is 0.272 e. The normalized spacial score (nSPS) is 14.1. The van der Waals surface area contributed by atoms with E-state index in [1.54, 1.807) is 12.3 Å². The van der Waals surface area contributed by atoms with E-state index in [1.165, 1.54) is 26.6 Å². The van der Waals surface area contributed by atoms with Crippen molar-refractivity contribution < 1.29 is 4.79 Å². The summed E-state index contributed by atoms with van der Waals surface area (Å²) in [6.45, 7) is 7.35. The zero-order chi connectivity index (χ0) is 20.2. The minimum absolute atomic E-state index is 0.0168. The third kappa shape index (κ3) is 4.46. The first-order valence-electron chi connectivity index (χ1n) is 9.91. The molecule has 0 bridgehead atoms. The number of hydrogen-bond acceptors (Lipinski definition) is 4. The number of carbonyl (C=O) groups excluding carboxylic acids is 1. The average molecular weight is 404 g/mol. The second-order valence-corrected chi connectivity index (χ2v) is 8.42. The molecular formula is C24H25N3OS. The van der Waals surface area contributed by atoms with Crippen LogP contribution >= 0.6 is 11.8 Å². The van der Waals surface area contributed by atoms with E-state index in [2.05, 4.69) is 66.2 Å². The van der Waals surface area contributed by atoms with Crippen LogP contribution < -0.4 is 4.90 Å².